The van der Waals surface area contributed by atoms with E-state index in [1.54, 1.807) is 7.11 Å². The molecule has 2 fully saturated rings. The maximum atomic E-state index is 6.63. The Bertz CT molecular complexity index is 1110. The number of ether oxygens (including phenoxy) is 2. The molecule has 3 aliphatic rings. The highest BCUT2D eigenvalue weighted by atomic mass is 16.5. The molecule has 2 spiro atoms. The number of rotatable bonds is 3. The standard InChI is InChI=1S/C24H29N5O2/c1-27-18(7-10-25-27)15-28-12-8-23(9-13-28)16-24(17-31-23)22-4-3-11-29(22)21-6-5-19(30-2)14-20(21)26-24/h3-7,10-11,14,26H,8-9,12-13,15-17H2,1-2H3. The van der Waals surface area contributed by atoms with Gasteiger partial charge in [-0.3, -0.25) is 9.58 Å². The van der Waals surface area contributed by atoms with E-state index in [-0.39, 0.29) is 11.1 Å². The Labute approximate surface area is 182 Å². The van der Waals surface area contributed by atoms with Crippen molar-refractivity contribution in [1.29, 1.82) is 0 Å². The number of fused-ring (bicyclic) bond motifs is 4. The largest absolute Gasteiger partial charge is 0.497 e. The Morgan fingerprint density at radius 2 is 2.06 bits per heavy atom. The van der Waals surface area contributed by atoms with E-state index in [0.717, 1.165) is 50.3 Å². The van der Waals surface area contributed by atoms with Crippen molar-refractivity contribution < 1.29 is 9.47 Å². The van der Waals surface area contributed by atoms with Gasteiger partial charge in [0.15, 0.2) is 0 Å². The molecule has 3 aromatic rings. The Balaban J connectivity index is 1.23. The van der Waals surface area contributed by atoms with Crippen LogP contribution in [0.2, 0.25) is 0 Å². The van der Waals surface area contributed by atoms with Crippen LogP contribution in [-0.2, 0) is 23.9 Å². The van der Waals surface area contributed by atoms with E-state index in [0.29, 0.717) is 6.61 Å². The summed E-state index contributed by atoms with van der Waals surface area (Å²) in [6, 6.07) is 12.7. The zero-order valence-corrected chi connectivity index (χ0v) is 18.2. The number of aromatic nitrogens is 3. The lowest BCUT2D eigenvalue weighted by molar-refractivity contribution is -0.0454. The molecule has 1 N–H and O–H groups in total. The van der Waals surface area contributed by atoms with Gasteiger partial charge in [-0.1, -0.05) is 0 Å². The minimum Gasteiger partial charge on any atom is -0.497 e. The number of piperidine rings is 1. The normalized spacial score (nSPS) is 24.2. The van der Waals surface area contributed by atoms with Gasteiger partial charge in [-0.05, 0) is 43.2 Å². The van der Waals surface area contributed by atoms with Crippen LogP contribution in [0.3, 0.4) is 0 Å². The number of benzene rings is 1. The molecule has 0 bridgehead atoms. The van der Waals surface area contributed by atoms with Crippen molar-refractivity contribution in [2.75, 3.05) is 32.1 Å². The quantitative estimate of drug-likeness (QED) is 0.706. The zero-order chi connectivity index (χ0) is 21.1. The van der Waals surface area contributed by atoms with Gasteiger partial charge in [0.2, 0.25) is 0 Å². The average Bonchev–Trinajstić information content (AvgIpc) is 3.51. The third-order valence-electron chi connectivity index (χ3n) is 7.40. The van der Waals surface area contributed by atoms with Crippen LogP contribution in [0.5, 0.6) is 5.75 Å². The monoisotopic (exact) mass is 419 g/mol. The van der Waals surface area contributed by atoms with Gasteiger partial charge < -0.3 is 19.4 Å². The summed E-state index contributed by atoms with van der Waals surface area (Å²) in [6.07, 6.45) is 7.13. The molecule has 5 heterocycles. The van der Waals surface area contributed by atoms with Crippen LogP contribution in [0.4, 0.5) is 5.69 Å². The fourth-order valence-electron chi connectivity index (χ4n) is 5.65. The maximum Gasteiger partial charge on any atom is 0.121 e. The molecule has 0 radical (unpaired) electrons. The fraction of sp³-hybridized carbons (Fsp3) is 0.458. The van der Waals surface area contributed by atoms with Gasteiger partial charge in [0.05, 0.1) is 42.1 Å². The van der Waals surface area contributed by atoms with Crippen LogP contribution < -0.4 is 10.1 Å². The first-order valence-electron chi connectivity index (χ1n) is 11.1. The molecule has 2 aromatic heterocycles. The Hall–Kier alpha value is -2.77. The second-order valence-electron chi connectivity index (χ2n) is 9.22. The van der Waals surface area contributed by atoms with E-state index in [9.17, 15) is 0 Å². The van der Waals surface area contributed by atoms with E-state index in [1.807, 2.05) is 24.0 Å². The van der Waals surface area contributed by atoms with Crippen LogP contribution >= 0.6 is 0 Å². The lowest BCUT2D eigenvalue weighted by atomic mass is 9.79. The van der Waals surface area contributed by atoms with Crippen molar-refractivity contribution in [2.45, 2.75) is 36.9 Å². The average molecular weight is 420 g/mol. The lowest BCUT2D eigenvalue weighted by Crippen LogP contribution is -2.46. The molecular weight excluding hydrogens is 390 g/mol. The Morgan fingerprint density at radius 1 is 1.19 bits per heavy atom. The number of likely N-dealkylation sites (tertiary alicyclic amines) is 1. The molecule has 7 nitrogen and oxygen atoms in total. The Morgan fingerprint density at radius 3 is 2.84 bits per heavy atom. The number of nitrogens with zero attached hydrogens (tertiary/aromatic N) is 4. The third kappa shape index (κ3) is 2.98. The van der Waals surface area contributed by atoms with Gasteiger partial charge in [0.25, 0.3) is 0 Å². The van der Waals surface area contributed by atoms with Crippen LogP contribution in [0, 0.1) is 0 Å². The van der Waals surface area contributed by atoms with E-state index in [2.05, 4.69) is 56.4 Å². The molecule has 7 heteroatoms. The molecule has 0 amide bonds. The minimum absolute atomic E-state index is 0.0680. The number of methoxy groups -OCH3 is 1. The van der Waals surface area contributed by atoms with Crippen molar-refractivity contribution >= 4 is 5.69 Å². The summed E-state index contributed by atoms with van der Waals surface area (Å²) in [7, 11) is 3.73. The smallest absolute Gasteiger partial charge is 0.121 e. The van der Waals surface area contributed by atoms with Crippen LogP contribution in [0.1, 0.15) is 30.7 Å². The first kappa shape index (κ1) is 19.0. The van der Waals surface area contributed by atoms with Crippen molar-refractivity contribution in [3.05, 3.63) is 60.2 Å². The molecule has 3 aliphatic heterocycles. The van der Waals surface area contributed by atoms with E-state index < -0.39 is 0 Å². The molecule has 31 heavy (non-hydrogen) atoms. The van der Waals surface area contributed by atoms with Crippen molar-refractivity contribution in [2.24, 2.45) is 7.05 Å². The summed E-state index contributed by atoms with van der Waals surface area (Å²) in [5.74, 6) is 0.870. The molecule has 1 aromatic carbocycles. The van der Waals surface area contributed by atoms with E-state index >= 15 is 0 Å². The molecule has 1 unspecified atom stereocenters. The summed E-state index contributed by atoms with van der Waals surface area (Å²) in [4.78, 5) is 2.52. The van der Waals surface area contributed by atoms with E-state index in [4.69, 9.17) is 9.47 Å². The summed E-state index contributed by atoms with van der Waals surface area (Å²) < 4.78 is 16.4. The van der Waals surface area contributed by atoms with Gasteiger partial charge in [-0.2, -0.15) is 5.10 Å². The highest BCUT2D eigenvalue weighted by Crippen LogP contribution is 2.50. The molecule has 0 saturated carbocycles. The zero-order valence-electron chi connectivity index (χ0n) is 18.2. The first-order chi connectivity index (χ1) is 15.1. The van der Waals surface area contributed by atoms with Gasteiger partial charge in [0.1, 0.15) is 11.3 Å². The number of hydrogen-bond acceptors (Lipinski definition) is 5. The summed E-state index contributed by atoms with van der Waals surface area (Å²) in [5.41, 5.74) is 4.56. The highest BCUT2D eigenvalue weighted by Gasteiger charge is 2.53. The Kier molecular flexibility index (Phi) is 4.20. The summed E-state index contributed by atoms with van der Waals surface area (Å²) >= 11 is 0. The van der Waals surface area contributed by atoms with Gasteiger partial charge in [-0.15, -0.1) is 0 Å². The number of aryl methyl sites for hydroxylation is 1. The molecule has 0 aliphatic carbocycles. The molecule has 1 atom stereocenters. The number of anilines is 1. The first-order valence-corrected chi connectivity index (χ1v) is 11.1. The number of nitrogens with one attached hydrogen (secondary N) is 1. The SMILES string of the molecule is COc1ccc2c(c1)NC1(COC3(CCN(Cc4ccnn4C)CC3)C1)c1cccn1-2. The van der Waals surface area contributed by atoms with Gasteiger partial charge in [-0.25, -0.2) is 0 Å². The van der Waals surface area contributed by atoms with Crippen LogP contribution in [0.15, 0.2) is 48.8 Å². The predicted molar refractivity (Wildman–Crippen MR) is 119 cm³/mol. The lowest BCUT2D eigenvalue weighted by Gasteiger charge is -2.41. The second-order valence-corrected chi connectivity index (χ2v) is 9.22. The minimum atomic E-state index is -0.201. The molecule has 6 rings (SSSR count). The fourth-order valence-corrected chi connectivity index (χ4v) is 5.65. The molecular formula is C24H29N5O2. The topological polar surface area (TPSA) is 56.5 Å². The van der Waals surface area contributed by atoms with Gasteiger partial charge in [0, 0.05) is 51.6 Å². The van der Waals surface area contributed by atoms with Crippen LogP contribution in [-0.4, -0.2) is 51.7 Å². The maximum absolute atomic E-state index is 6.63. The highest BCUT2D eigenvalue weighted by molar-refractivity contribution is 5.69. The summed E-state index contributed by atoms with van der Waals surface area (Å²) in [6.45, 7) is 3.74. The summed E-state index contributed by atoms with van der Waals surface area (Å²) in [5, 5.41) is 8.17. The predicted octanol–water partition coefficient (Wildman–Crippen LogP) is 3.30. The van der Waals surface area contributed by atoms with Crippen LogP contribution in [0.25, 0.3) is 5.69 Å². The van der Waals surface area contributed by atoms with Crippen molar-refractivity contribution in [3.63, 3.8) is 0 Å². The van der Waals surface area contributed by atoms with E-state index in [1.165, 1.54) is 17.1 Å². The second kappa shape index (κ2) is 6.87. The molecule has 2 saturated heterocycles. The van der Waals surface area contributed by atoms with Crippen molar-refractivity contribution in [3.8, 4) is 11.4 Å². The molecule has 162 valence electrons. The van der Waals surface area contributed by atoms with Crippen molar-refractivity contribution in [1.82, 2.24) is 19.2 Å². The number of hydrogen-bond donors (Lipinski definition) is 1. The van der Waals surface area contributed by atoms with Gasteiger partial charge >= 0.3 is 0 Å². The third-order valence-corrected chi connectivity index (χ3v) is 7.40.